The lowest BCUT2D eigenvalue weighted by Gasteiger charge is -2.11. The van der Waals surface area contributed by atoms with Crippen molar-refractivity contribution in [2.24, 2.45) is 0 Å². The topological polar surface area (TPSA) is 63.8 Å². The molecule has 3 heterocycles. The molecule has 0 aliphatic heterocycles. The molecule has 0 saturated heterocycles. The van der Waals surface area contributed by atoms with Crippen molar-refractivity contribution in [2.75, 3.05) is 0 Å². The van der Waals surface area contributed by atoms with Crippen LogP contribution in [-0.4, -0.2) is 24.9 Å². The van der Waals surface area contributed by atoms with Gasteiger partial charge in [-0.05, 0) is 23.9 Å². The number of pyridine rings is 1. The Kier molecular flexibility index (Phi) is 3.75. The zero-order valence-corrected chi connectivity index (χ0v) is 12.0. The van der Waals surface area contributed by atoms with E-state index in [4.69, 9.17) is 0 Å². The molecule has 1 N–H and O–H groups in total. The van der Waals surface area contributed by atoms with Gasteiger partial charge in [-0.1, -0.05) is 6.92 Å². The SMILES string of the molecule is CCCn1ncnc1CC(O)c1cnc2ccsc2c1. The summed E-state index contributed by atoms with van der Waals surface area (Å²) in [5.74, 6) is 0.811. The second-order valence-corrected chi connectivity index (χ2v) is 5.64. The van der Waals surface area contributed by atoms with E-state index in [0.717, 1.165) is 34.6 Å². The van der Waals surface area contributed by atoms with E-state index in [1.165, 1.54) is 0 Å². The molecule has 0 spiro atoms. The number of aliphatic hydroxyl groups excluding tert-OH is 1. The normalized spacial score (nSPS) is 12.9. The monoisotopic (exact) mass is 288 g/mol. The van der Waals surface area contributed by atoms with Crippen LogP contribution in [-0.2, 0) is 13.0 Å². The maximum absolute atomic E-state index is 10.4. The number of thiophene rings is 1. The molecule has 0 amide bonds. The van der Waals surface area contributed by atoms with Gasteiger partial charge in [-0.15, -0.1) is 11.3 Å². The average molecular weight is 288 g/mol. The van der Waals surface area contributed by atoms with Gasteiger partial charge in [-0.2, -0.15) is 5.10 Å². The van der Waals surface area contributed by atoms with Gasteiger partial charge in [0, 0.05) is 24.7 Å². The molecule has 0 saturated carbocycles. The highest BCUT2D eigenvalue weighted by molar-refractivity contribution is 7.17. The van der Waals surface area contributed by atoms with Crippen LogP contribution < -0.4 is 0 Å². The molecule has 0 bridgehead atoms. The highest BCUT2D eigenvalue weighted by atomic mass is 32.1. The lowest BCUT2D eigenvalue weighted by molar-refractivity contribution is 0.173. The van der Waals surface area contributed by atoms with E-state index in [9.17, 15) is 5.11 Å². The largest absolute Gasteiger partial charge is 0.388 e. The van der Waals surface area contributed by atoms with Crippen LogP contribution in [0.25, 0.3) is 10.2 Å². The van der Waals surface area contributed by atoms with Gasteiger partial charge in [0.1, 0.15) is 12.2 Å². The first-order valence-corrected chi connectivity index (χ1v) is 7.53. The maximum Gasteiger partial charge on any atom is 0.138 e. The van der Waals surface area contributed by atoms with Gasteiger partial charge in [0.2, 0.25) is 0 Å². The second kappa shape index (κ2) is 5.68. The van der Waals surface area contributed by atoms with Gasteiger partial charge in [0.15, 0.2) is 0 Å². The van der Waals surface area contributed by atoms with Crippen LogP contribution in [0.4, 0.5) is 0 Å². The number of aromatic nitrogens is 4. The Morgan fingerprint density at radius 1 is 1.40 bits per heavy atom. The molecule has 3 aromatic rings. The first kappa shape index (κ1) is 13.2. The number of hydrogen-bond acceptors (Lipinski definition) is 5. The van der Waals surface area contributed by atoms with Crippen molar-refractivity contribution in [1.29, 1.82) is 0 Å². The summed E-state index contributed by atoms with van der Waals surface area (Å²) >= 11 is 1.63. The number of fused-ring (bicyclic) bond motifs is 1. The van der Waals surface area contributed by atoms with Crippen LogP contribution in [0.5, 0.6) is 0 Å². The summed E-state index contributed by atoms with van der Waals surface area (Å²) in [4.78, 5) is 8.58. The summed E-state index contributed by atoms with van der Waals surface area (Å²) in [6, 6.07) is 3.98. The van der Waals surface area contributed by atoms with Crippen molar-refractivity contribution >= 4 is 21.6 Å². The van der Waals surface area contributed by atoms with E-state index in [1.807, 2.05) is 22.2 Å². The van der Waals surface area contributed by atoms with E-state index in [0.29, 0.717) is 6.42 Å². The van der Waals surface area contributed by atoms with Crippen molar-refractivity contribution < 1.29 is 5.11 Å². The second-order valence-electron chi connectivity index (χ2n) is 4.69. The molecule has 20 heavy (non-hydrogen) atoms. The highest BCUT2D eigenvalue weighted by Gasteiger charge is 2.14. The van der Waals surface area contributed by atoms with E-state index in [2.05, 4.69) is 22.0 Å². The molecule has 5 nitrogen and oxygen atoms in total. The summed E-state index contributed by atoms with van der Waals surface area (Å²) in [6.07, 6.45) is 4.13. The summed E-state index contributed by atoms with van der Waals surface area (Å²) in [7, 11) is 0. The molecular formula is C14H16N4OS. The van der Waals surface area contributed by atoms with E-state index >= 15 is 0 Å². The van der Waals surface area contributed by atoms with Gasteiger partial charge in [-0.25, -0.2) is 4.98 Å². The van der Waals surface area contributed by atoms with Crippen LogP contribution >= 0.6 is 11.3 Å². The van der Waals surface area contributed by atoms with Crippen LogP contribution in [0.15, 0.2) is 30.0 Å². The number of hydrogen-bond donors (Lipinski definition) is 1. The molecule has 1 unspecified atom stereocenters. The molecular weight excluding hydrogens is 272 g/mol. The summed E-state index contributed by atoms with van der Waals surface area (Å²) in [5, 5.41) is 16.5. The summed E-state index contributed by atoms with van der Waals surface area (Å²) in [6.45, 7) is 2.92. The number of aliphatic hydroxyl groups is 1. The quantitative estimate of drug-likeness (QED) is 0.783. The molecule has 0 aromatic carbocycles. The van der Waals surface area contributed by atoms with Gasteiger partial charge < -0.3 is 5.11 Å². The maximum atomic E-state index is 10.4. The lowest BCUT2D eigenvalue weighted by atomic mass is 10.1. The van der Waals surface area contributed by atoms with E-state index < -0.39 is 6.10 Å². The van der Waals surface area contributed by atoms with Crippen LogP contribution in [0.2, 0.25) is 0 Å². The predicted molar refractivity (Wildman–Crippen MR) is 78.6 cm³/mol. The van der Waals surface area contributed by atoms with Gasteiger partial charge in [0.05, 0.1) is 16.3 Å². The molecule has 0 aliphatic rings. The lowest BCUT2D eigenvalue weighted by Crippen LogP contribution is -2.10. The van der Waals surface area contributed by atoms with Crippen LogP contribution in [0.1, 0.15) is 30.8 Å². The fourth-order valence-corrected chi connectivity index (χ4v) is 2.97. The average Bonchev–Trinajstić information content (AvgIpc) is 3.07. The number of rotatable bonds is 5. The molecule has 3 rings (SSSR count). The van der Waals surface area contributed by atoms with Crippen molar-refractivity contribution in [3.63, 3.8) is 0 Å². The first-order valence-electron chi connectivity index (χ1n) is 6.66. The predicted octanol–water partition coefficient (Wildman–Crippen LogP) is 2.57. The third-order valence-corrected chi connectivity index (χ3v) is 4.07. The van der Waals surface area contributed by atoms with Crippen LogP contribution in [0, 0.1) is 0 Å². The minimum absolute atomic E-state index is 0.457. The number of nitrogens with zero attached hydrogens (tertiary/aromatic N) is 4. The van der Waals surface area contributed by atoms with Gasteiger partial charge >= 0.3 is 0 Å². The standard InChI is InChI=1S/C14H16N4OS/c1-2-4-18-14(16-9-17-18)7-12(19)10-6-13-11(15-8-10)3-5-20-13/h3,5-6,8-9,12,19H,2,4,7H2,1H3. The van der Waals surface area contributed by atoms with E-state index in [1.54, 1.807) is 23.9 Å². The molecule has 0 aliphatic carbocycles. The molecule has 104 valence electrons. The molecule has 6 heteroatoms. The minimum Gasteiger partial charge on any atom is -0.388 e. The smallest absolute Gasteiger partial charge is 0.138 e. The van der Waals surface area contributed by atoms with Crippen LogP contribution in [0.3, 0.4) is 0 Å². The Hall–Kier alpha value is -1.79. The Morgan fingerprint density at radius 3 is 3.15 bits per heavy atom. The molecule has 1 atom stereocenters. The fraction of sp³-hybridized carbons (Fsp3) is 0.357. The van der Waals surface area contributed by atoms with Crippen molar-refractivity contribution in [3.05, 3.63) is 41.4 Å². The van der Waals surface area contributed by atoms with Gasteiger partial charge in [0.25, 0.3) is 0 Å². The molecule has 3 aromatic heterocycles. The minimum atomic E-state index is -0.603. The Morgan fingerprint density at radius 2 is 2.30 bits per heavy atom. The third-order valence-electron chi connectivity index (χ3n) is 3.22. The Balaban J connectivity index is 1.81. The van der Waals surface area contributed by atoms with Crippen molar-refractivity contribution in [1.82, 2.24) is 19.7 Å². The highest BCUT2D eigenvalue weighted by Crippen LogP contribution is 2.24. The van der Waals surface area contributed by atoms with Crippen molar-refractivity contribution in [2.45, 2.75) is 32.4 Å². The zero-order chi connectivity index (χ0) is 13.9. The summed E-state index contributed by atoms with van der Waals surface area (Å²) in [5.41, 5.74) is 1.80. The number of aryl methyl sites for hydroxylation is 1. The van der Waals surface area contributed by atoms with Gasteiger partial charge in [-0.3, -0.25) is 9.67 Å². The molecule has 0 fully saturated rings. The third kappa shape index (κ3) is 2.57. The van der Waals surface area contributed by atoms with E-state index in [-0.39, 0.29) is 0 Å². The molecule has 0 radical (unpaired) electrons. The fourth-order valence-electron chi connectivity index (χ4n) is 2.18. The first-order chi connectivity index (χ1) is 9.78. The zero-order valence-electron chi connectivity index (χ0n) is 11.2. The van der Waals surface area contributed by atoms with Crippen molar-refractivity contribution in [3.8, 4) is 0 Å². The Labute approximate surface area is 120 Å². The Bertz CT molecular complexity index is 706. The summed E-state index contributed by atoms with van der Waals surface area (Å²) < 4.78 is 2.94.